The van der Waals surface area contributed by atoms with Crippen molar-refractivity contribution in [2.45, 2.75) is 31.8 Å². The molecule has 8 heteroatoms. The topological polar surface area (TPSA) is 85.0 Å². The number of halogens is 1. The second-order valence-electron chi connectivity index (χ2n) is 5.38. The fourth-order valence-corrected chi connectivity index (χ4v) is 3.08. The third-order valence-corrected chi connectivity index (χ3v) is 4.35. The molecule has 2 aromatic heterocycles. The molecule has 1 aliphatic rings. The maximum absolute atomic E-state index is 11.9. The minimum atomic E-state index is -0.321. The van der Waals surface area contributed by atoms with E-state index in [2.05, 4.69) is 15.5 Å². The first-order valence-corrected chi connectivity index (χ1v) is 7.63. The molecule has 0 spiro atoms. The van der Waals surface area contributed by atoms with Crippen LogP contribution in [0.1, 0.15) is 30.1 Å². The van der Waals surface area contributed by atoms with Crippen LogP contribution in [-0.4, -0.2) is 31.3 Å². The Balaban J connectivity index is 1.89. The Labute approximate surface area is 132 Å². The quantitative estimate of drug-likeness (QED) is 0.880. The first-order valence-electron chi connectivity index (χ1n) is 7.25. The molecular formula is C14H18ClN5O2. The predicted octanol–water partition coefficient (Wildman–Crippen LogP) is 1.11. The van der Waals surface area contributed by atoms with E-state index < -0.39 is 0 Å². The van der Waals surface area contributed by atoms with E-state index in [1.54, 1.807) is 13.2 Å². The van der Waals surface area contributed by atoms with Gasteiger partial charge in [-0.1, -0.05) is 11.6 Å². The van der Waals surface area contributed by atoms with Gasteiger partial charge in [-0.05, 0) is 19.3 Å². The predicted molar refractivity (Wildman–Crippen MR) is 83.1 cm³/mol. The van der Waals surface area contributed by atoms with Crippen LogP contribution in [0.5, 0.6) is 0 Å². The second-order valence-corrected chi connectivity index (χ2v) is 5.76. The summed E-state index contributed by atoms with van der Waals surface area (Å²) in [7, 11) is 1.57. The molecule has 0 aliphatic heterocycles. The molecule has 1 atom stereocenters. The van der Waals surface area contributed by atoms with Crippen LogP contribution < -0.4 is 10.9 Å². The summed E-state index contributed by atoms with van der Waals surface area (Å²) in [5.74, 6) is 0. The summed E-state index contributed by atoms with van der Waals surface area (Å²) in [5, 5.41) is 20.9. The Bertz CT molecular complexity index is 739. The van der Waals surface area contributed by atoms with E-state index in [0.717, 1.165) is 30.5 Å². The molecule has 3 rings (SSSR count). The molecule has 118 valence electrons. The van der Waals surface area contributed by atoms with Gasteiger partial charge in [-0.25, -0.2) is 4.68 Å². The number of aryl methyl sites for hydroxylation is 1. The maximum Gasteiger partial charge on any atom is 0.287 e. The number of fused-ring (bicyclic) bond motifs is 1. The van der Waals surface area contributed by atoms with Crippen LogP contribution >= 0.6 is 11.6 Å². The number of aromatic nitrogens is 4. The van der Waals surface area contributed by atoms with Gasteiger partial charge in [-0.15, -0.1) is 0 Å². The third kappa shape index (κ3) is 2.62. The maximum atomic E-state index is 11.9. The van der Waals surface area contributed by atoms with Crippen LogP contribution in [0.15, 0.2) is 17.2 Å². The van der Waals surface area contributed by atoms with Crippen molar-refractivity contribution in [3.63, 3.8) is 0 Å². The largest absolute Gasteiger partial charge is 0.394 e. The van der Waals surface area contributed by atoms with Crippen LogP contribution in [0.25, 0.3) is 0 Å². The summed E-state index contributed by atoms with van der Waals surface area (Å²) in [6.45, 7) is 0.562. The van der Waals surface area contributed by atoms with E-state index in [-0.39, 0.29) is 23.2 Å². The Kier molecular flexibility index (Phi) is 4.17. The zero-order valence-electron chi connectivity index (χ0n) is 12.3. The summed E-state index contributed by atoms with van der Waals surface area (Å²) >= 11 is 6.11. The molecule has 0 radical (unpaired) electrons. The lowest BCUT2D eigenvalue weighted by atomic mass is 9.93. The lowest BCUT2D eigenvalue weighted by Crippen LogP contribution is -2.23. The summed E-state index contributed by atoms with van der Waals surface area (Å²) in [6.07, 6.45) is 6.28. The number of rotatable bonds is 4. The molecule has 7 nitrogen and oxygen atoms in total. The first kappa shape index (κ1) is 15.1. The monoisotopic (exact) mass is 323 g/mol. The fourth-order valence-electron chi connectivity index (χ4n) is 2.86. The van der Waals surface area contributed by atoms with Gasteiger partial charge in [0, 0.05) is 18.3 Å². The summed E-state index contributed by atoms with van der Waals surface area (Å²) in [4.78, 5) is 11.9. The van der Waals surface area contributed by atoms with E-state index in [1.807, 2.05) is 10.9 Å². The van der Waals surface area contributed by atoms with Crippen LogP contribution in [0.4, 0.5) is 5.69 Å². The molecule has 0 fully saturated rings. The zero-order valence-corrected chi connectivity index (χ0v) is 13.0. The number of aliphatic hydroxyl groups is 1. The van der Waals surface area contributed by atoms with Gasteiger partial charge in [0.1, 0.15) is 5.02 Å². The Morgan fingerprint density at radius 1 is 1.45 bits per heavy atom. The third-order valence-electron chi connectivity index (χ3n) is 3.98. The van der Waals surface area contributed by atoms with Crippen LogP contribution in [0.3, 0.4) is 0 Å². The minimum Gasteiger partial charge on any atom is -0.394 e. The normalized spacial score (nSPS) is 17.3. The first-order chi connectivity index (χ1) is 10.6. The number of aliphatic hydroxyl groups excluding tert-OH is 1. The Morgan fingerprint density at radius 2 is 2.27 bits per heavy atom. The van der Waals surface area contributed by atoms with Gasteiger partial charge in [0.05, 0.1) is 37.3 Å². The van der Waals surface area contributed by atoms with Crippen molar-refractivity contribution in [1.82, 2.24) is 19.6 Å². The SMILES string of the molecule is Cn1ncc(NC2CCCc3c2cnn3CCO)c(Cl)c1=O. The van der Waals surface area contributed by atoms with Gasteiger partial charge in [0.2, 0.25) is 0 Å². The molecule has 0 saturated heterocycles. The molecule has 1 aliphatic carbocycles. The number of nitrogens with one attached hydrogen (secondary N) is 1. The van der Waals surface area contributed by atoms with Gasteiger partial charge in [0.25, 0.3) is 5.56 Å². The summed E-state index contributed by atoms with van der Waals surface area (Å²) < 4.78 is 3.05. The number of anilines is 1. The van der Waals surface area contributed by atoms with Crippen molar-refractivity contribution < 1.29 is 5.11 Å². The number of hydrogen-bond donors (Lipinski definition) is 2. The highest BCUT2D eigenvalue weighted by molar-refractivity contribution is 6.32. The van der Waals surface area contributed by atoms with E-state index >= 15 is 0 Å². The number of nitrogens with zero attached hydrogens (tertiary/aromatic N) is 4. The molecule has 0 amide bonds. The van der Waals surface area contributed by atoms with Gasteiger partial charge >= 0.3 is 0 Å². The highest BCUT2D eigenvalue weighted by atomic mass is 35.5. The standard InChI is InChI=1S/C14H18ClN5O2/c1-19-14(22)13(15)11(8-16-19)18-10-3-2-4-12-9(10)7-17-20(12)5-6-21/h7-8,10,18,21H,2-6H2,1H3. The average molecular weight is 324 g/mol. The van der Waals surface area contributed by atoms with Gasteiger partial charge in [0.15, 0.2) is 0 Å². The molecule has 0 aromatic carbocycles. The van der Waals surface area contributed by atoms with Crippen molar-refractivity contribution in [2.24, 2.45) is 7.05 Å². The lowest BCUT2D eigenvalue weighted by Gasteiger charge is -2.25. The van der Waals surface area contributed by atoms with Crippen molar-refractivity contribution in [3.05, 3.63) is 39.0 Å². The lowest BCUT2D eigenvalue weighted by molar-refractivity contribution is 0.266. The van der Waals surface area contributed by atoms with Crippen molar-refractivity contribution >= 4 is 17.3 Å². The molecule has 2 aromatic rings. The highest BCUT2D eigenvalue weighted by Crippen LogP contribution is 2.33. The Morgan fingerprint density at radius 3 is 3.05 bits per heavy atom. The van der Waals surface area contributed by atoms with Gasteiger partial charge in [-0.3, -0.25) is 9.48 Å². The highest BCUT2D eigenvalue weighted by Gasteiger charge is 2.25. The van der Waals surface area contributed by atoms with Crippen molar-refractivity contribution in [2.75, 3.05) is 11.9 Å². The van der Waals surface area contributed by atoms with Crippen molar-refractivity contribution in [1.29, 1.82) is 0 Å². The zero-order chi connectivity index (χ0) is 15.7. The van der Waals surface area contributed by atoms with Crippen LogP contribution in [-0.2, 0) is 20.0 Å². The molecule has 2 heterocycles. The van der Waals surface area contributed by atoms with Crippen LogP contribution in [0, 0.1) is 0 Å². The molecule has 22 heavy (non-hydrogen) atoms. The average Bonchev–Trinajstić information content (AvgIpc) is 2.93. The van der Waals surface area contributed by atoms with E-state index in [0.29, 0.717) is 12.2 Å². The minimum absolute atomic E-state index is 0.0441. The molecule has 0 saturated carbocycles. The second kappa shape index (κ2) is 6.10. The summed E-state index contributed by atoms with van der Waals surface area (Å²) in [5.41, 5.74) is 2.44. The van der Waals surface area contributed by atoms with Gasteiger partial charge in [-0.2, -0.15) is 10.2 Å². The molecule has 1 unspecified atom stereocenters. The Hall–Kier alpha value is -1.86. The van der Waals surface area contributed by atoms with E-state index in [1.165, 1.54) is 4.68 Å². The van der Waals surface area contributed by atoms with Crippen molar-refractivity contribution in [3.8, 4) is 0 Å². The number of hydrogen-bond acceptors (Lipinski definition) is 5. The molecule has 0 bridgehead atoms. The summed E-state index contributed by atoms with van der Waals surface area (Å²) in [6, 6.07) is 0.0441. The smallest absolute Gasteiger partial charge is 0.287 e. The fraction of sp³-hybridized carbons (Fsp3) is 0.500. The van der Waals surface area contributed by atoms with E-state index in [4.69, 9.17) is 16.7 Å². The van der Waals surface area contributed by atoms with Crippen LogP contribution in [0.2, 0.25) is 5.02 Å². The molecular weight excluding hydrogens is 306 g/mol. The van der Waals surface area contributed by atoms with E-state index in [9.17, 15) is 4.79 Å². The van der Waals surface area contributed by atoms with Gasteiger partial charge < -0.3 is 10.4 Å². The molecule has 2 N–H and O–H groups in total.